The van der Waals surface area contributed by atoms with E-state index in [0.29, 0.717) is 11.3 Å². The first kappa shape index (κ1) is 21.1. The van der Waals surface area contributed by atoms with E-state index in [1.54, 1.807) is 24.3 Å². The minimum Gasteiger partial charge on any atom is -0.494 e. The van der Waals surface area contributed by atoms with Crippen LogP contribution in [0.3, 0.4) is 0 Å². The van der Waals surface area contributed by atoms with Gasteiger partial charge in [-0.2, -0.15) is 0 Å². The van der Waals surface area contributed by atoms with Crippen molar-refractivity contribution in [3.05, 3.63) is 58.1 Å². The van der Waals surface area contributed by atoms with E-state index in [1.807, 2.05) is 13.8 Å². The average Bonchev–Trinajstić information content (AvgIpc) is 3.38. The monoisotopic (exact) mass is 450 g/mol. The molecular weight excluding hydrogens is 428 g/mol. The van der Waals surface area contributed by atoms with Crippen LogP contribution in [-0.2, 0) is 19.9 Å². The van der Waals surface area contributed by atoms with E-state index in [4.69, 9.17) is 4.74 Å². The maximum absolute atomic E-state index is 13.9. The molecule has 4 atom stereocenters. The number of non-ortho nitro benzene ring substituents is 1. The number of hydrogen-bond acceptors (Lipinski definition) is 7. The largest absolute Gasteiger partial charge is 0.494 e. The molecule has 5 rings (SSSR count). The minimum atomic E-state index is -1.38. The Hall–Kier alpha value is -3.79. The van der Waals surface area contributed by atoms with Gasteiger partial charge in [-0.25, -0.2) is 4.90 Å². The smallest absolute Gasteiger partial charge is 0.273 e. The van der Waals surface area contributed by atoms with Crippen molar-refractivity contribution in [3.63, 3.8) is 0 Å². The number of carbonyl (C=O) groups excluding carboxylic acids is 3. The highest BCUT2D eigenvalue weighted by molar-refractivity contribution is 6.26. The molecule has 0 aliphatic carbocycles. The van der Waals surface area contributed by atoms with Crippen LogP contribution >= 0.6 is 0 Å². The summed E-state index contributed by atoms with van der Waals surface area (Å²) in [4.78, 5) is 52.5. The fourth-order valence-electron chi connectivity index (χ4n) is 5.47. The van der Waals surface area contributed by atoms with E-state index in [0.717, 1.165) is 4.90 Å². The molecule has 1 spiro atoms. The lowest BCUT2D eigenvalue weighted by Gasteiger charge is -2.30. The number of amides is 3. The van der Waals surface area contributed by atoms with Crippen molar-refractivity contribution in [1.82, 2.24) is 5.32 Å². The van der Waals surface area contributed by atoms with Crippen LogP contribution in [0.2, 0.25) is 0 Å². The molecule has 170 valence electrons. The quantitative estimate of drug-likeness (QED) is 0.415. The molecule has 2 aromatic rings. The SMILES string of the molecule is COc1cc([N+](=O)[O-])ccc1N1C(=O)[C@H]2[C@@H](C1=O)[C@]1(N[C@H]2C(C)C)C(=O)Nc2ccccc21. The lowest BCUT2D eigenvalue weighted by Crippen LogP contribution is -2.54. The van der Waals surface area contributed by atoms with E-state index >= 15 is 0 Å². The van der Waals surface area contributed by atoms with Gasteiger partial charge < -0.3 is 10.1 Å². The fourth-order valence-corrected chi connectivity index (χ4v) is 5.47. The summed E-state index contributed by atoms with van der Waals surface area (Å²) >= 11 is 0. The standard InChI is InChI=1S/C23H22N4O6/c1-11(2)19-17-18(23(25-19)13-6-4-5-7-14(13)24-22(23)30)21(29)26(20(17)28)15-9-8-12(27(31)32)10-16(15)33-3/h4-11,17-19,25H,1-3H3,(H,24,30)/t17-,18-,19-,23-/m0/s1. The summed E-state index contributed by atoms with van der Waals surface area (Å²) in [6, 6.07) is 10.4. The Morgan fingerprint density at radius 1 is 1.12 bits per heavy atom. The number of methoxy groups -OCH3 is 1. The Kier molecular flexibility index (Phi) is 4.54. The first-order chi connectivity index (χ1) is 15.7. The topological polar surface area (TPSA) is 131 Å². The number of para-hydroxylation sites is 1. The third kappa shape index (κ3) is 2.67. The van der Waals surface area contributed by atoms with Crippen molar-refractivity contribution in [2.75, 3.05) is 17.3 Å². The van der Waals surface area contributed by atoms with Gasteiger partial charge in [-0.05, 0) is 18.1 Å². The summed E-state index contributed by atoms with van der Waals surface area (Å²) in [6.07, 6.45) is 0. The number of carbonyl (C=O) groups is 3. The number of rotatable bonds is 4. The highest BCUT2D eigenvalue weighted by Crippen LogP contribution is 2.55. The van der Waals surface area contributed by atoms with Crippen molar-refractivity contribution in [2.45, 2.75) is 25.4 Å². The third-order valence-electron chi connectivity index (χ3n) is 6.89. The van der Waals surface area contributed by atoms with Crippen molar-refractivity contribution < 1.29 is 24.0 Å². The minimum absolute atomic E-state index is 0.0326. The second kappa shape index (κ2) is 7.11. The molecule has 0 unspecified atom stereocenters. The molecule has 3 heterocycles. The van der Waals surface area contributed by atoms with Crippen molar-refractivity contribution in [1.29, 1.82) is 0 Å². The number of ether oxygens (including phenoxy) is 1. The van der Waals surface area contributed by atoms with Crippen LogP contribution in [-0.4, -0.2) is 35.8 Å². The zero-order valence-electron chi connectivity index (χ0n) is 18.2. The molecule has 3 amide bonds. The Morgan fingerprint density at radius 2 is 1.85 bits per heavy atom. The van der Waals surface area contributed by atoms with Crippen LogP contribution in [0.1, 0.15) is 19.4 Å². The molecule has 2 fully saturated rings. The number of fused-ring (bicyclic) bond motifs is 4. The molecule has 10 heteroatoms. The number of nitro groups is 1. The van der Waals surface area contributed by atoms with Crippen molar-refractivity contribution >= 4 is 34.8 Å². The second-order valence-corrected chi connectivity index (χ2v) is 8.85. The number of hydrogen-bond donors (Lipinski definition) is 2. The van der Waals surface area contributed by atoms with Gasteiger partial charge in [0.15, 0.2) is 0 Å². The molecule has 33 heavy (non-hydrogen) atoms. The summed E-state index contributed by atoms with van der Waals surface area (Å²) in [5, 5.41) is 17.4. The number of nitro benzene ring substituents is 1. The van der Waals surface area contributed by atoms with Gasteiger partial charge >= 0.3 is 0 Å². The second-order valence-electron chi connectivity index (χ2n) is 8.85. The van der Waals surface area contributed by atoms with Crippen molar-refractivity contribution in [2.24, 2.45) is 17.8 Å². The molecule has 2 N–H and O–H groups in total. The first-order valence-electron chi connectivity index (χ1n) is 10.6. The number of anilines is 2. The van der Waals surface area contributed by atoms with E-state index in [2.05, 4.69) is 10.6 Å². The van der Waals surface area contributed by atoms with Crippen LogP contribution in [0.4, 0.5) is 17.1 Å². The summed E-state index contributed by atoms with van der Waals surface area (Å²) in [7, 11) is 1.31. The van der Waals surface area contributed by atoms with Gasteiger partial charge in [0.2, 0.25) is 17.7 Å². The summed E-state index contributed by atoms with van der Waals surface area (Å²) in [6.45, 7) is 3.86. The normalized spacial score (nSPS) is 27.8. The van der Waals surface area contributed by atoms with E-state index < -0.39 is 40.2 Å². The predicted molar refractivity (Wildman–Crippen MR) is 118 cm³/mol. The Labute approximate surface area is 189 Å². The number of imide groups is 1. The van der Waals surface area contributed by atoms with Gasteiger partial charge in [0.1, 0.15) is 11.3 Å². The maximum atomic E-state index is 13.9. The molecule has 3 aliphatic heterocycles. The van der Waals surface area contributed by atoms with Crippen LogP contribution < -0.4 is 20.3 Å². The van der Waals surface area contributed by atoms with Crippen LogP contribution in [0, 0.1) is 27.9 Å². The summed E-state index contributed by atoms with van der Waals surface area (Å²) in [5.74, 6) is -3.15. The van der Waals surface area contributed by atoms with Gasteiger partial charge in [-0.3, -0.25) is 29.8 Å². The van der Waals surface area contributed by atoms with Gasteiger partial charge in [0.05, 0.1) is 35.6 Å². The average molecular weight is 450 g/mol. The van der Waals surface area contributed by atoms with E-state index in [9.17, 15) is 24.5 Å². The zero-order chi connectivity index (χ0) is 23.7. The summed E-state index contributed by atoms with van der Waals surface area (Å²) < 4.78 is 5.29. The summed E-state index contributed by atoms with van der Waals surface area (Å²) in [5.41, 5.74) is -0.253. The van der Waals surface area contributed by atoms with Gasteiger partial charge in [-0.15, -0.1) is 0 Å². The molecule has 3 aliphatic rings. The van der Waals surface area contributed by atoms with Gasteiger partial charge in [-0.1, -0.05) is 32.0 Å². The lowest BCUT2D eigenvalue weighted by molar-refractivity contribution is -0.384. The molecule has 2 saturated heterocycles. The van der Waals surface area contributed by atoms with Crippen LogP contribution in [0.25, 0.3) is 0 Å². The van der Waals surface area contributed by atoms with Gasteiger partial charge in [0.25, 0.3) is 5.69 Å². The van der Waals surface area contributed by atoms with Crippen LogP contribution in [0.15, 0.2) is 42.5 Å². The van der Waals surface area contributed by atoms with E-state index in [-0.39, 0.29) is 28.9 Å². The van der Waals surface area contributed by atoms with E-state index in [1.165, 1.54) is 25.3 Å². The highest BCUT2D eigenvalue weighted by atomic mass is 16.6. The van der Waals surface area contributed by atoms with Gasteiger partial charge in [0, 0.05) is 23.4 Å². The first-order valence-corrected chi connectivity index (χ1v) is 10.6. The highest BCUT2D eigenvalue weighted by Gasteiger charge is 2.71. The van der Waals surface area contributed by atoms with Crippen molar-refractivity contribution in [3.8, 4) is 5.75 Å². The third-order valence-corrected chi connectivity index (χ3v) is 6.89. The lowest BCUT2D eigenvalue weighted by atomic mass is 9.76. The Balaban J connectivity index is 1.67. The fraction of sp³-hybridized carbons (Fsp3) is 0.348. The number of nitrogens with one attached hydrogen (secondary N) is 2. The number of benzene rings is 2. The molecule has 2 aromatic carbocycles. The molecule has 10 nitrogen and oxygen atoms in total. The molecule has 0 aromatic heterocycles. The maximum Gasteiger partial charge on any atom is 0.273 e. The molecular formula is C23H22N4O6. The predicted octanol–water partition coefficient (Wildman–Crippen LogP) is 2.18. The van der Waals surface area contributed by atoms with Crippen LogP contribution in [0.5, 0.6) is 5.75 Å². The number of nitrogens with zero attached hydrogens (tertiary/aromatic N) is 2. The molecule has 0 bridgehead atoms. The molecule has 0 radical (unpaired) electrons. The zero-order valence-corrected chi connectivity index (χ0v) is 18.2. The molecule has 0 saturated carbocycles. The Morgan fingerprint density at radius 3 is 2.52 bits per heavy atom. The Bertz CT molecular complexity index is 1230.